The lowest BCUT2D eigenvalue weighted by atomic mass is 10.0. The van der Waals surface area contributed by atoms with E-state index in [1.54, 1.807) is 9.47 Å². The molecule has 1 unspecified atom stereocenters. The highest BCUT2D eigenvalue weighted by molar-refractivity contribution is 5.98. The van der Waals surface area contributed by atoms with Crippen molar-refractivity contribution >= 4 is 28.9 Å². The second-order valence-corrected chi connectivity index (χ2v) is 6.99. The first kappa shape index (κ1) is 17.3. The second kappa shape index (κ2) is 6.90. The van der Waals surface area contributed by atoms with Crippen LogP contribution in [-0.4, -0.2) is 51.4 Å². The highest BCUT2D eigenvalue weighted by Crippen LogP contribution is 2.25. The molecule has 0 bridgehead atoms. The normalized spacial score (nSPS) is 21.6. The zero-order chi connectivity index (χ0) is 19.0. The quantitative estimate of drug-likeness (QED) is 0.712. The first-order valence-electron chi connectivity index (χ1n) is 9.11. The van der Waals surface area contributed by atoms with Crippen LogP contribution >= 0.6 is 0 Å². The Kier molecular flexibility index (Phi) is 4.43. The molecule has 142 valence electrons. The van der Waals surface area contributed by atoms with Crippen molar-refractivity contribution in [1.82, 2.24) is 25.1 Å². The molecule has 2 aromatic rings. The van der Waals surface area contributed by atoms with Gasteiger partial charge in [0.05, 0.1) is 11.0 Å². The van der Waals surface area contributed by atoms with E-state index in [0.29, 0.717) is 25.9 Å². The minimum atomic E-state index is -0.691. The van der Waals surface area contributed by atoms with Crippen molar-refractivity contribution in [3.05, 3.63) is 34.7 Å². The molecule has 2 aliphatic rings. The highest BCUT2D eigenvalue weighted by Gasteiger charge is 2.32. The Labute approximate surface area is 154 Å². The monoisotopic (exact) mass is 371 g/mol. The van der Waals surface area contributed by atoms with Crippen LogP contribution in [0.15, 0.2) is 29.1 Å². The summed E-state index contributed by atoms with van der Waals surface area (Å²) in [6.45, 7) is 1.01. The lowest BCUT2D eigenvalue weighted by Crippen LogP contribution is -2.51. The zero-order valence-corrected chi connectivity index (χ0v) is 14.7. The molecular weight excluding hydrogens is 350 g/mol. The molecule has 4 amide bonds. The number of hydrogen-bond acceptors (Lipinski definition) is 4. The molecule has 1 atom stereocenters. The minimum absolute atomic E-state index is 0.0182. The fraction of sp³-hybridized carbons (Fsp3) is 0.444. The molecule has 3 N–H and O–H groups in total. The van der Waals surface area contributed by atoms with Crippen molar-refractivity contribution < 1.29 is 14.4 Å². The Hall–Kier alpha value is -3.10. The summed E-state index contributed by atoms with van der Waals surface area (Å²) >= 11 is 0. The zero-order valence-electron chi connectivity index (χ0n) is 14.7. The van der Waals surface area contributed by atoms with E-state index in [-0.39, 0.29) is 36.4 Å². The number of carbonyl (C=O) groups excluding carboxylic acids is 3. The van der Waals surface area contributed by atoms with Gasteiger partial charge in [-0.1, -0.05) is 12.1 Å². The lowest BCUT2D eigenvalue weighted by Gasteiger charge is -2.34. The fourth-order valence-electron chi connectivity index (χ4n) is 3.92. The predicted molar refractivity (Wildman–Crippen MR) is 97.1 cm³/mol. The third kappa shape index (κ3) is 3.32. The number of urea groups is 1. The van der Waals surface area contributed by atoms with Crippen molar-refractivity contribution in [2.24, 2.45) is 0 Å². The summed E-state index contributed by atoms with van der Waals surface area (Å²) in [5, 5.41) is 4.73. The average Bonchev–Trinajstić information content (AvgIpc) is 2.89. The van der Waals surface area contributed by atoms with E-state index in [2.05, 4.69) is 15.6 Å². The van der Waals surface area contributed by atoms with Gasteiger partial charge >= 0.3 is 11.7 Å². The van der Waals surface area contributed by atoms with Crippen molar-refractivity contribution in [2.45, 2.75) is 37.8 Å². The second-order valence-electron chi connectivity index (χ2n) is 6.99. The van der Waals surface area contributed by atoms with E-state index >= 15 is 0 Å². The number of imide groups is 1. The van der Waals surface area contributed by atoms with Gasteiger partial charge in [-0.3, -0.25) is 19.5 Å². The maximum atomic E-state index is 12.7. The van der Waals surface area contributed by atoms with Gasteiger partial charge in [-0.05, 0) is 31.4 Å². The Balaban J connectivity index is 1.45. The van der Waals surface area contributed by atoms with Crippen LogP contribution in [0.4, 0.5) is 4.79 Å². The Morgan fingerprint density at radius 1 is 1.04 bits per heavy atom. The van der Waals surface area contributed by atoms with Crippen LogP contribution in [0, 0.1) is 0 Å². The molecule has 27 heavy (non-hydrogen) atoms. The number of rotatable bonds is 2. The Bertz CT molecular complexity index is 954. The number of fused-ring (bicyclic) bond motifs is 1. The molecule has 1 aromatic heterocycles. The van der Waals surface area contributed by atoms with Gasteiger partial charge in [0.2, 0.25) is 11.8 Å². The summed E-state index contributed by atoms with van der Waals surface area (Å²) in [6, 6.07) is 6.26. The summed E-state index contributed by atoms with van der Waals surface area (Å²) in [5.41, 5.74) is 1.54. The fourth-order valence-corrected chi connectivity index (χ4v) is 3.92. The Morgan fingerprint density at radius 2 is 1.78 bits per heavy atom. The number of aromatic nitrogens is 2. The van der Waals surface area contributed by atoms with Crippen LogP contribution in [0.3, 0.4) is 0 Å². The molecule has 2 fully saturated rings. The van der Waals surface area contributed by atoms with Crippen LogP contribution in [0.25, 0.3) is 11.0 Å². The van der Waals surface area contributed by atoms with Gasteiger partial charge in [-0.15, -0.1) is 0 Å². The van der Waals surface area contributed by atoms with Gasteiger partial charge in [0, 0.05) is 25.6 Å². The number of aromatic amines is 1. The molecule has 1 aromatic carbocycles. The summed E-state index contributed by atoms with van der Waals surface area (Å²) in [4.78, 5) is 52.7. The van der Waals surface area contributed by atoms with Crippen molar-refractivity contribution in [3.8, 4) is 0 Å². The molecule has 9 nitrogen and oxygen atoms in total. The van der Waals surface area contributed by atoms with Gasteiger partial charge in [0.1, 0.15) is 6.04 Å². The topological polar surface area (TPSA) is 116 Å². The minimum Gasteiger partial charge on any atom is -0.341 e. The van der Waals surface area contributed by atoms with E-state index in [9.17, 15) is 19.2 Å². The Morgan fingerprint density at radius 3 is 2.56 bits per heavy atom. The number of para-hydroxylation sites is 2. The maximum Gasteiger partial charge on any atom is 0.326 e. The van der Waals surface area contributed by atoms with Crippen LogP contribution < -0.4 is 16.3 Å². The largest absolute Gasteiger partial charge is 0.341 e. The maximum absolute atomic E-state index is 12.7. The van der Waals surface area contributed by atoms with E-state index in [4.69, 9.17) is 0 Å². The molecule has 2 saturated heterocycles. The SMILES string of the molecule is O=C1CCC(C(=O)N2CCC(n3c(=O)[nH]c4ccccc43)CC2)NC(=O)N1. The third-order valence-corrected chi connectivity index (χ3v) is 5.28. The standard InChI is InChI=1S/C18H21N5O4/c24-15-6-5-13(19-17(26)21-15)16(25)22-9-7-11(8-10-22)23-14-4-2-1-3-12(14)20-18(23)27/h1-4,11,13H,5-10H2,(H,20,27)(H2,19,21,24,26). The van der Waals surface area contributed by atoms with Crippen molar-refractivity contribution in [3.63, 3.8) is 0 Å². The number of nitrogens with zero attached hydrogens (tertiary/aromatic N) is 2. The van der Waals surface area contributed by atoms with Gasteiger partial charge in [0.15, 0.2) is 0 Å². The first-order chi connectivity index (χ1) is 13.0. The highest BCUT2D eigenvalue weighted by atomic mass is 16.2. The molecule has 2 aliphatic heterocycles. The number of amides is 4. The first-order valence-corrected chi connectivity index (χ1v) is 9.11. The summed E-state index contributed by atoms with van der Waals surface area (Å²) < 4.78 is 1.77. The predicted octanol–water partition coefficient (Wildman–Crippen LogP) is 0.481. The van der Waals surface area contributed by atoms with E-state index in [1.807, 2.05) is 24.3 Å². The smallest absolute Gasteiger partial charge is 0.326 e. The van der Waals surface area contributed by atoms with Crippen molar-refractivity contribution in [1.29, 1.82) is 0 Å². The van der Waals surface area contributed by atoms with Gasteiger partial charge in [-0.25, -0.2) is 9.59 Å². The summed E-state index contributed by atoms with van der Waals surface area (Å²) in [6.07, 6.45) is 1.74. The van der Waals surface area contributed by atoms with E-state index < -0.39 is 12.1 Å². The number of piperidine rings is 1. The van der Waals surface area contributed by atoms with E-state index in [0.717, 1.165) is 11.0 Å². The number of H-pyrrole nitrogens is 1. The molecule has 0 spiro atoms. The number of likely N-dealkylation sites (tertiary alicyclic amines) is 1. The molecular formula is C18H21N5O4. The number of nitrogens with one attached hydrogen (secondary N) is 3. The van der Waals surface area contributed by atoms with Crippen molar-refractivity contribution in [2.75, 3.05) is 13.1 Å². The summed E-state index contributed by atoms with van der Waals surface area (Å²) in [5.74, 6) is -0.551. The van der Waals surface area contributed by atoms with Crippen LogP contribution in [0.1, 0.15) is 31.7 Å². The molecule has 4 rings (SSSR count). The van der Waals surface area contributed by atoms with Gasteiger partial charge < -0.3 is 15.2 Å². The number of carbonyl (C=O) groups is 3. The summed E-state index contributed by atoms with van der Waals surface area (Å²) in [7, 11) is 0. The van der Waals surface area contributed by atoms with Crippen LogP contribution in [-0.2, 0) is 9.59 Å². The number of imidazole rings is 1. The average molecular weight is 371 g/mol. The molecule has 0 saturated carbocycles. The number of hydrogen-bond donors (Lipinski definition) is 3. The molecule has 0 radical (unpaired) electrons. The lowest BCUT2D eigenvalue weighted by molar-refractivity contribution is -0.134. The van der Waals surface area contributed by atoms with Gasteiger partial charge in [0.25, 0.3) is 0 Å². The van der Waals surface area contributed by atoms with Gasteiger partial charge in [-0.2, -0.15) is 0 Å². The molecule has 0 aliphatic carbocycles. The molecule has 3 heterocycles. The molecule has 9 heteroatoms. The third-order valence-electron chi connectivity index (χ3n) is 5.28. The van der Waals surface area contributed by atoms with Crippen LogP contribution in [0.2, 0.25) is 0 Å². The number of benzene rings is 1. The van der Waals surface area contributed by atoms with Crippen LogP contribution in [0.5, 0.6) is 0 Å². The van der Waals surface area contributed by atoms with E-state index in [1.165, 1.54) is 0 Å².